The zero-order chi connectivity index (χ0) is 15.1. The lowest BCUT2D eigenvalue weighted by atomic mass is 10.0. The monoisotopic (exact) mass is 309 g/mol. The molecule has 0 bridgehead atoms. The summed E-state index contributed by atoms with van der Waals surface area (Å²) in [5, 5.41) is 19.8. The molecule has 0 aliphatic heterocycles. The number of nitrogens with zero attached hydrogens (tertiary/aromatic N) is 1. The highest BCUT2D eigenvalue weighted by Crippen LogP contribution is 2.35. The molecule has 0 aliphatic rings. The van der Waals surface area contributed by atoms with Crippen molar-refractivity contribution in [3.05, 3.63) is 58.5 Å². The average molecular weight is 309 g/mol. The number of nitrogens with one attached hydrogen (secondary N) is 2. The molecule has 3 heterocycles. The Bertz CT molecular complexity index is 1000. The molecule has 3 N–H and O–H groups in total. The minimum absolute atomic E-state index is 0.00606. The summed E-state index contributed by atoms with van der Waals surface area (Å²) >= 11 is 1.42. The van der Waals surface area contributed by atoms with E-state index in [9.17, 15) is 9.90 Å². The molecule has 0 fully saturated rings. The van der Waals surface area contributed by atoms with Gasteiger partial charge in [0.1, 0.15) is 5.75 Å². The Morgan fingerprint density at radius 3 is 2.82 bits per heavy atom. The molecule has 0 unspecified atom stereocenters. The number of thiophene rings is 1. The van der Waals surface area contributed by atoms with Gasteiger partial charge in [0.15, 0.2) is 0 Å². The van der Waals surface area contributed by atoms with Gasteiger partial charge in [-0.1, -0.05) is 12.1 Å². The molecule has 1 aromatic carbocycles. The average Bonchev–Trinajstić information content (AvgIpc) is 3.20. The summed E-state index contributed by atoms with van der Waals surface area (Å²) in [6, 6.07) is 9.19. The second-order valence-corrected chi connectivity index (χ2v) is 5.85. The number of hydrogen-bond acceptors (Lipinski definition) is 4. The first-order chi connectivity index (χ1) is 10.7. The molecule has 4 aromatic rings. The quantitative estimate of drug-likeness (QED) is 0.531. The molecule has 0 saturated heterocycles. The summed E-state index contributed by atoms with van der Waals surface area (Å²) < 4.78 is 0. The molecule has 22 heavy (non-hydrogen) atoms. The van der Waals surface area contributed by atoms with Crippen LogP contribution < -0.4 is 5.56 Å². The van der Waals surface area contributed by atoms with Crippen LogP contribution in [0.5, 0.6) is 5.75 Å². The predicted octanol–water partition coefficient (Wildman–Crippen LogP) is 3.35. The van der Waals surface area contributed by atoms with E-state index in [1.807, 2.05) is 29.6 Å². The zero-order valence-electron chi connectivity index (χ0n) is 11.3. The predicted molar refractivity (Wildman–Crippen MR) is 87.1 cm³/mol. The van der Waals surface area contributed by atoms with E-state index in [2.05, 4.69) is 15.2 Å². The van der Waals surface area contributed by atoms with Gasteiger partial charge in [0, 0.05) is 22.0 Å². The highest BCUT2D eigenvalue weighted by molar-refractivity contribution is 7.13. The number of benzene rings is 1. The standard InChI is InChI=1S/C16H11N3O2S/c20-15-11-6-9(10-7-17-18-8-10)3-4-12(11)19-16(21)14(15)13-2-1-5-22-13/h1-8H,(H,17,18)(H2,19,20,21). The van der Waals surface area contributed by atoms with Crippen molar-refractivity contribution in [1.82, 2.24) is 15.2 Å². The Kier molecular flexibility index (Phi) is 2.83. The van der Waals surface area contributed by atoms with Crippen LogP contribution in [0.15, 0.2) is 52.9 Å². The fraction of sp³-hybridized carbons (Fsp3) is 0. The van der Waals surface area contributed by atoms with Crippen molar-refractivity contribution in [3.8, 4) is 27.3 Å². The smallest absolute Gasteiger partial charge is 0.260 e. The number of fused-ring (bicyclic) bond motifs is 1. The number of aromatic nitrogens is 3. The van der Waals surface area contributed by atoms with Crippen molar-refractivity contribution >= 4 is 22.2 Å². The van der Waals surface area contributed by atoms with Crippen molar-refractivity contribution in [1.29, 1.82) is 0 Å². The summed E-state index contributed by atoms with van der Waals surface area (Å²) in [4.78, 5) is 15.8. The number of hydrogen-bond donors (Lipinski definition) is 3. The van der Waals surface area contributed by atoms with E-state index in [0.29, 0.717) is 16.5 Å². The molecule has 0 amide bonds. The number of rotatable bonds is 2. The molecule has 0 radical (unpaired) electrons. The van der Waals surface area contributed by atoms with E-state index in [0.717, 1.165) is 16.0 Å². The lowest BCUT2D eigenvalue weighted by Crippen LogP contribution is -2.08. The zero-order valence-corrected chi connectivity index (χ0v) is 12.1. The van der Waals surface area contributed by atoms with Crippen molar-refractivity contribution in [2.45, 2.75) is 0 Å². The van der Waals surface area contributed by atoms with Crippen LogP contribution in [0.3, 0.4) is 0 Å². The second kappa shape index (κ2) is 4.85. The number of aromatic amines is 2. The topological polar surface area (TPSA) is 81.8 Å². The molecule has 6 heteroatoms. The third kappa shape index (κ3) is 1.93. The van der Waals surface area contributed by atoms with Gasteiger partial charge in [-0.15, -0.1) is 11.3 Å². The Balaban J connectivity index is 2.02. The maximum atomic E-state index is 12.2. The van der Waals surface area contributed by atoms with Crippen LogP contribution in [-0.2, 0) is 0 Å². The van der Waals surface area contributed by atoms with Gasteiger partial charge in [-0.3, -0.25) is 9.89 Å². The summed E-state index contributed by atoms with van der Waals surface area (Å²) in [7, 11) is 0. The normalized spacial score (nSPS) is 11.1. The second-order valence-electron chi connectivity index (χ2n) is 4.90. The molecule has 4 rings (SSSR count). The SMILES string of the molecule is O=c1[nH]c2ccc(-c3cn[nH]c3)cc2c(O)c1-c1cccs1. The Labute approximate surface area is 128 Å². The Hall–Kier alpha value is -2.86. The maximum Gasteiger partial charge on any atom is 0.260 e. The van der Waals surface area contributed by atoms with Crippen LogP contribution in [0.1, 0.15) is 0 Å². The van der Waals surface area contributed by atoms with Gasteiger partial charge < -0.3 is 10.1 Å². The third-order valence-corrected chi connectivity index (χ3v) is 4.47. The first-order valence-electron chi connectivity index (χ1n) is 6.66. The number of aromatic hydroxyl groups is 1. The van der Waals surface area contributed by atoms with Crippen LogP contribution in [-0.4, -0.2) is 20.3 Å². The van der Waals surface area contributed by atoms with Crippen molar-refractivity contribution in [2.75, 3.05) is 0 Å². The van der Waals surface area contributed by atoms with Crippen LogP contribution >= 0.6 is 11.3 Å². The van der Waals surface area contributed by atoms with Crippen LogP contribution in [0.2, 0.25) is 0 Å². The lowest BCUT2D eigenvalue weighted by Gasteiger charge is -2.07. The fourth-order valence-corrected chi connectivity index (χ4v) is 3.28. The van der Waals surface area contributed by atoms with E-state index in [-0.39, 0.29) is 11.3 Å². The van der Waals surface area contributed by atoms with E-state index in [1.54, 1.807) is 18.5 Å². The van der Waals surface area contributed by atoms with Gasteiger partial charge in [0.25, 0.3) is 5.56 Å². The van der Waals surface area contributed by atoms with Crippen LogP contribution in [0.25, 0.3) is 32.5 Å². The third-order valence-electron chi connectivity index (χ3n) is 3.59. The molecular formula is C16H11N3O2S. The molecule has 108 valence electrons. The molecule has 0 saturated carbocycles. The van der Waals surface area contributed by atoms with Gasteiger partial charge in [-0.05, 0) is 29.1 Å². The molecule has 3 aromatic heterocycles. The van der Waals surface area contributed by atoms with Crippen molar-refractivity contribution < 1.29 is 5.11 Å². The molecule has 0 spiro atoms. The number of H-pyrrole nitrogens is 2. The van der Waals surface area contributed by atoms with Gasteiger partial charge >= 0.3 is 0 Å². The summed E-state index contributed by atoms with van der Waals surface area (Å²) in [5.41, 5.74) is 2.47. The van der Waals surface area contributed by atoms with E-state index in [1.165, 1.54) is 11.3 Å². The van der Waals surface area contributed by atoms with E-state index >= 15 is 0 Å². The van der Waals surface area contributed by atoms with Crippen LogP contribution in [0.4, 0.5) is 0 Å². The Morgan fingerprint density at radius 1 is 1.18 bits per heavy atom. The molecule has 0 aliphatic carbocycles. The first kappa shape index (κ1) is 12.8. The van der Waals surface area contributed by atoms with Crippen molar-refractivity contribution in [3.63, 3.8) is 0 Å². The molecule has 5 nitrogen and oxygen atoms in total. The molecule has 0 atom stereocenters. The fourth-order valence-electron chi connectivity index (χ4n) is 2.51. The minimum Gasteiger partial charge on any atom is -0.506 e. The van der Waals surface area contributed by atoms with Crippen LogP contribution in [0, 0.1) is 0 Å². The summed E-state index contributed by atoms with van der Waals surface area (Å²) in [6.07, 6.45) is 3.49. The van der Waals surface area contributed by atoms with Gasteiger partial charge in [0.05, 0.1) is 17.3 Å². The van der Waals surface area contributed by atoms with E-state index in [4.69, 9.17) is 0 Å². The maximum absolute atomic E-state index is 12.2. The van der Waals surface area contributed by atoms with Crippen molar-refractivity contribution in [2.24, 2.45) is 0 Å². The lowest BCUT2D eigenvalue weighted by molar-refractivity contribution is 0.483. The minimum atomic E-state index is -0.288. The highest BCUT2D eigenvalue weighted by atomic mass is 32.1. The largest absolute Gasteiger partial charge is 0.506 e. The Morgan fingerprint density at radius 2 is 2.09 bits per heavy atom. The van der Waals surface area contributed by atoms with Gasteiger partial charge in [-0.25, -0.2) is 0 Å². The van der Waals surface area contributed by atoms with Gasteiger partial charge in [-0.2, -0.15) is 5.10 Å². The van der Waals surface area contributed by atoms with Gasteiger partial charge in [0.2, 0.25) is 0 Å². The molecular weight excluding hydrogens is 298 g/mol. The highest BCUT2D eigenvalue weighted by Gasteiger charge is 2.15. The number of pyridine rings is 1. The first-order valence-corrected chi connectivity index (χ1v) is 7.54. The van der Waals surface area contributed by atoms with E-state index < -0.39 is 0 Å². The summed E-state index contributed by atoms with van der Waals surface area (Å²) in [6.45, 7) is 0. The summed E-state index contributed by atoms with van der Waals surface area (Å²) in [5.74, 6) is 0.00606.